The lowest BCUT2D eigenvalue weighted by Gasteiger charge is -2.11. The number of fused-ring (bicyclic) bond motifs is 1. The van der Waals surface area contributed by atoms with E-state index in [0.29, 0.717) is 23.5 Å². The topological polar surface area (TPSA) is 107 Å². The second-order valence-electron chi connectivity index (χ2n) is 6.29. The number of carbonyl (C=O) groups excluding carboxylic acids is 1. The quantitative estimate of drug-likeness (QED) is 0.541. The molecule has 0 saturated carbocycles. The summed E-state index contributed by atoms with van der Waals surface area (Å²) in [5.41, 5.74) is 3.38. The highest BCUT2D eigenvalue weighted by Crippen LogP contribution is 2.23. The second kappa shape index (κ2) is 6.99. The lowest BCUT2D eigenvalue weighted by atomic mass is 10.2. The van der Waals surface area contributed by atoms with Crippen LogP contribution in [0.2, 0.25) is 0 Å². The number of sulfonamides is 1. The van der Waals surface area contributed by atoms with Crippen LogP contribution in [0.4, 0.5) is 5.69 Å². The van der Waals surface area contributed by atoms with Gasteiger partial charge in [0.1, 0.15) is 5.69 Å². The van der Waals surface area contributed by atoms with Crippen LogP contribution in [-0.4, -0.2) is 18.9 Å². The van der Waals surface area contributed by atoms with Crippen molar-refractivity contribution in [3.05, 3.63) is 84.3 Å². The molecule has 0 atom stereocenters. The third-order valence-corrected chi connectivity index (χ3v) is 5.31. The van der Waals surface area contributed by atoms with Gasteiger partial charge >= 0.3 is 0 Å². The van der Waals surface area contributed by atoms with Crippen LogP contribution in [0.15, 0.2) is 82.3 Å². The normalized spacial score (nSPS) is 11.6. The van der Waals surface area contributed by atoms with E-state index in [9.17, 15) is 13.2 Å². The van der Waals surface area contributed by atoms with Crippen molar-refractivity contribution in [2.75, 3.05) is 5.32 Å². The van der Waals surface area contributed by atoms with Crippen LogP contribution >= 0.6 is 0 Å². The largest absolute Gasteiger partial charge is 0.463 e. The predicted molar refractivity (Wildman–Crippen MR) is 106 cm³/mol. The van der Waals surface area contributed by atoms with Crippen LogP contribution in [0.5, 0.6) is 0 Å². The van der Waals surface area contributed by atoms with Crippen molar-refractivity contribution < 1.29 is 17.6 Å². The zero-order chi connectivity index (χ0) is 19.7. The minimum Gasteiger partial charge on any atom is -0.463 e. The number of primary sulfonamides is 1. The van der Waals surface area contributed by atoms with Gasteiger partial charge in [0.05, 0.1) is 16.7 Å². The Bertz CT molecular complexity index is 1240. The Morgan fingerprint density at radius 2 is 1.75 bits per heavy atom. The molecule has 4 rings (SSSR count). The molecule has 0 aliphatic carbocycles. The van der Waals surface area contributed by atoms with Crippen LogP contribution < -0.4 is 10.5 Å². The van der Waals surface area contributed by atoms with Crippen LogP contribution in [0.25, 0.3) is 11.1 Å². The third kappa shape index (κ3) is 3.55. The monoisotopic (exact) mass is 395 g/mol. The van der Waals surface area contributed by atoms with Crippen LogP contribution in [0, 0.1) is 0 Å². The van der Waals surface area contributed by atoms with Crippen molar-refractivity contribution in [2.45, 2.75) is 11.4 Å². The summed E-state index contributed by atoms with van der Waals surface area (Å²) < 4.78 is 30.0. The number of benzene rings is 2. The van der Waals surface area contributed by atoms with Crippen LogP contribution in [0.3, 0.4) is 0 Å². The number of rotatable bonds is 5. The van der Waals surface area contributed by atoms with Crippen LogP contribution in [0.1, 0.15) is 16.1 Å². The van der Waals surface area contributed by atoms with Gasteiger partial charge in [-0.3, -0.25) is 4.79 Å². The maximum absolute atomic E-state index is 12.9. The molecule has 0 aliphatic heterocycles. The molecule has 0 unspecified atom stereocenters. The average molecular weight is 395 g/mol. The fraction of sp³-hybridized carbons (Fsp3) is 0.0500. The van der Waals surface area contributed by atoms with Gasteiger partial charge in [0.2, 0.25) is 10.0 Å². The van der Waals surface area contributed by atoms with Gasteiger partial charge in [-0.15, -0.1) is 0 Å². The van der Waals surface area contributed by atoms with Gasteiger partial charge in [0.25, 0.3) is 5.91 Å². The van der Waals surface area contributed by atoms with Crippen molar-refractivity contribution in [3.63, 3.8) is 0 Å². The zero-order valence-corrected chi connectivity index (χ0v) is 15.5. The molecule has 4 aromatic rings. The second-order valence-corrected chi connectivity index (χ2v) is 7.86. The molecule has 2 heterocycles. The lowest BCUT2D eigenvalue weighted by molar-refractivity contribution is 0.101. The molecule has 0 radical (unpaired) electrons. The number of furan rings is 1. The average Bonchev–Trinajstić information content (AvgIpc) is 3.25. The van der Waals surface area contributed by atoms with E-state index in [2.05, 4.69) is 5.32 Å². The molecule has 3 N–H and O–H groups in total. The summed E-state index contributed by atoms with van der Waals surface area (Å²) in [5.74, 6) is -0.328. The highest BCUT2D eigenvalue weighted by Gasteiger charge is 2.18. The number of nitrogens with zero attached hydrogens (tertiary/aromatic N) is 1. The molecule has 7 nitrogen and oxygen atoms in total. The minimum atomic E-state index is -3.78. The van der Waals surface area contributed by atoms with Crippen molar-refractivity contribution in [2.24, 2.45) is 5.14 Å². The van der Waals surface area contributed by atoms with Gasteiger partial charge < -0.3 is 14.3 Å². The van der Waals surface area contributed by atoms with Gasteiger partial charge in [0.15, 0.2) is 5.58 Å². The maximum Gasteiger partial charge on any atom is 0.272 e. The van der Waals surface area contributed by atoms with Crippen LogP contribution in [-0.2, 0) is 16.6 Å². The lowest BCUT2D eigenvalue weighted by Crippen LogP contribution is -2.18. The van der Waals surface area contributed by atoms with E-state index in [-0.39, 0.29) is 10.8 Å². The third-order valence-electron chi connectivity index (χ3n) is 4.38. The number of hydrogen-bond donors (Lipinski definition) is 2. The standard InChI is InChI=1S/C20H17N3O4S/c21-28(25,26)16-8-6-15(7-9-16)22-20(24)18-12-19-17(10-11-27-19)23(18)13-14-4-2-1-3-5-14/h1-12H,13H2,(H,22,24)(H2,21,25,26). The first kappa shape index (κ1) is 18.0. The van der Waals surface area contributed by atoms with Crippen molar-refractivity contribution in [3.8, 4) is 0 Å². The number of carbonyl (C=O) groups is 1. The van der Waals surface area contributed by atoms with Gasteiger partial charge in [0, 0.05) is 24.4 Å². The minimum absolute atomic E-state index is 0.0181. The Morgan fingerprint density at radius 1 is 1.04 bits per heavy atom. The van der Waals surface area contributed by atoms with Crippen molar-refractivity contribution in [1.82, 2.24) is 4.57 Å². The van der Waals surface area contributed by atoms with Gasteiger partial charge in [-0.25, -0.2) is 13.6 Å². The van der Waals surface area contributed by atoms with E-state index in [0.717, 1.165) is 11.1 Å². The SMILES string of the molecule is NS(=O)(=O)c1ccc(NC(=O)c2cc3occc3n2Cc2ccccc2)cc1. The number of amides is 1. The van der Waals surface area contributed by atoms with E-state index >= 15 is 0 Å². The van der Waals surface area contributed by atoms with Crippen molar-refractivity contribution in [1.29, 1.82) is 0 Å². The highest BCUT2D eigenvalue weighted by atomic mass is 32.2. The number of nitrogens with one attached hydrogen (secondary N) is 1. The summed E-state index contributed by atoms with van der Waals surface area (Å²) in [6.45, 7) is 0.511. The molecule has 142 valence electrons. The summed E-state index contributed by atoms with van der Waals surface area (Å²) in [6.07, 6.45) is 1.58. The van der Waals surface area contributed by atoms with Crippen molar-refractivity contribution >= 4 is 32.7 Å². The predicted octanol–water partition coefficient (Wildman–Crippen LogP) is 3.18. The number of aromatic nitrogens is 1. The molecular formula is C20H17N3O4S. The summed E-state index contributed by atoms with van der Waals surface area (Å²) >= 11 is 0. The Morgan fingerprint density at radius 3 is 2.43 bits per heavy atom. The molecule has 2 aromatic carbocycles. The Hall–Kier alpha value is -3.36. The molecular weight excluding hydrogens is 378 g/mol. The molecule has 0 bridgehead atoms. The van der Waals surface area contributed by atoms with E-state index in [1.807, 2.05) is 41.0 Å². The Kier molecular flexibility index (Phi) is 4.50. The van der Waals surface area contributed by atoms with Gasteiger partial charge in [-0.05, 0) is 29.8 Å². The van der Waals surface area contributed by atoms with E-state index in [1.165, 1.54) is 24.3 Å². The summed E-state index contributed by atoms with van der Waals surface area (Å²) in [4.78, 5) is 12.8. The highest BCUT2D eigenvalue weighted by molar-refractivity contribution is 7.89. The van der Waals surface area contributed by atoms with E-state index in [4.69, 9.17) is 9.56 Å². The first-order valence-electron chi connectivity index (χ1n) is 8.47. The number of anilines is 1. The van der Waals surface area contributed by atoms with Gasteiger partial charge in [-0.1, -0.05) is 30.3 Å². The Labute approximate surface area is 161 Å². The first-order chi connectivity index (χ1) is 13.4. The summed E-state index contributed by atoms with van der Waals surface area (Å²) in [6, 6.07) is 19.0. The molecule has 0 aliphatic rings. The molecule has 0 saturated heterocycles. The molecule has 1 amide bonds. The molecule has 8 heteroatoms. The molecule has 0 spiro atoms. The fourth-order valence-electron chi connectivity index (χ4n) is 3.02. The molecule has 2 aromatic heterocycles. The molecule has 0 fully saturated rings. The van der Waals surface area contributed by atoms with E-state index in [1.54, 1.807) is 12.3 Å². The summed E-state index contributed by atoms with van der Waals surface area (Å²) in [7, 11) is -3.78. The van der Waals surface area contributed by atoms with Gasteiger partial charge in [-0.2, -0.15) is 0 Å². The zero-order valence-electron chi connectivity index (χ0n) is 14.7. The van der Waals surface area contributed by atoms with E-state index < -0.39 is 10.0 Å². The maximum atomic E-state index is 12.9. The Balaban J connectivity index is 1.64. The first-order valence-corrected chi connectivity index (χ1v) is 10.0. The number of nitrogens with two attached hydrogens (primary N) is 1. The fourth-order valence-corrected chi connectivity index (χ4v) is 3.54. The summed E-state index contributed by atoms with van der Waals surface area (Å²) in [5, 5.41) is 7.87. The number of hydrogen-bond acceptors (Lipinski definition) is 4. The molecule has 28 heavy (non-hydrogen) atoms. The smallest absolute Gasteiger partial charge is 0.272 e.